The van der Waals surface area contributed by atoms with E-state index in [0.29, 0.717) is 21.9 Å². The third-order valence-electron chi connectivity index (χ3n) is 4.25. The number of hydrogen-bond donors (Lipinski definition) is 1. The molecule has 1 N–H and O–H groups in total. The lowest BCUT2D eigenvalue weighted by atomic mass is 10.2. The highest BCUT2D eigenvalue weighted by Crippen LogP contribution is 2.22. The van der Waals surface area contributed by atoms with Crippen LogP contribution >= 0.6 is 23.1 Å². The predicted octanol–water partition coefficient (Wildman–Crippen LogP) is 4.52. The van der Waals surface area contributed by atoms with Crippen LogP contribution in [0.4, 0.5) is 14.5 Å². The molecule has 30 heavy (non-hydrogen) atoms. The molecule has 0 saturated heterocycles. The van der Waals surface area contributed by atoms with Crippen molar-refractivity contribution in [2.24, 2.45) is 0 Å². The number of thioether (sulfide) groups is 1. The molecule has 152 valence electrons. The number of thiophene rings is 1. The summed E-state index contributed by atoms with van der Waals surface area (Å²) in [5.74, 6) is -2.03. The number of anilines is 1. The predicted molar refractivity (Wildman–Crippen MR) is 115 cm³/mol. The summed E-state index contributed by atoms with van der Waals surface area (Å²) in [7, 11) is 0. The zero-order valence-electron chi connectivity index (χ0n) is 15.5. The molecule has 4 rings (SSSR count). The number of nitrogens with one attached hydrogen (secondary N) is 1. The number of amides is 1. The van der Waals surface area contributed by atoms with Crippen molar-refractivity contribution in [1.82, 2.24) is 9.55 Å². The monoisotopic (exact) mass is 443 g/mol. The topological polar surface area (TPSA) is 64.0 Å². The zero-order chi connectivity index (χ0) is 21.1. The fraction of sp³-hybridized carbons (Fsp3) is 0.0952. The van der Waals surface area contributed by atoms with E-state index in [0.717, 1.165) is 35.5 Å². The van der Waals surface area contributed by atoms with Gasteiger partial charge in [0.2, 0.25) is 5.91 Å². The van der Waals surface area contributed by atoms with Crippen molar-refractivity contribution in [3.05, 3.63) is 87.5 Å². The van der Waals surface area contributed by atoms with E-state index in [9.17, 15) is 18.4 Å². The molecule has 0 atom stereocenters. The average molecular weight is 444 g/mol. The van der Waals surface area contributed by atoms with Crippen LogP contribution < -0.4 is 10.9 Å². The Hall–Kier alpha value is -3.04. The van der Waals surface area contributed by atoms with Crippen molar-refractivity contribution in [2.75, 3.05) is 11.1 Å². The Kier molecular flexibility index (Phi) is 5.91. The smallest absolute Gasteiger partial charge is 0.272 e. The van der Waals surface area contributed by atoms with Gasteiger partial charge in [-0.3, -0.25) is 14.2 Å². The summed E-state index contributed by atoms with van der Waals surface area (Å²) in [6.45, 7) is 0.309. The summed E-state index contributed by atoms with van der Waals surface area (Å²) in [6.07, 6.45) is 0. The Balaban J connectivity index is 1.58. The van der Waals surface area contributed by atoms with Crippen LogP contribution in [0.15, 0.2) is 69.9 Å². The highest BCUT2D eigenvalue weighted by molar-refractivity contribution is 7.99. The summed E-state index contributed by atoms with van der Waals surface area (Å²) >= 11 is 2.38. The standard InChI is InChI=1S/C21H15F2N3O2S2/c22-14-6-7-15(23)17(10-14)24-18(27)12-30-21-25-16-8-9-29-19(16)20(28)26(21)11-13-4-2-1-3-5-13/h1-10H,11-12H2,(H,24,27). The molecule has 0 spiro atoms. The maximum atomic E-state index is 13.7. The molecule has 0 aliphatic carbocycles. The normalized spacial score (nSPS) is 11.0. The number of hydrogen-bond acceptors (Lipinski definition) is 5. The quantitative estimate of drug-likeness (QED) is 0.352. The summed E-state index contributed by atoms with van der Waals surface area (Å²) < 4.78 is 29.1. The van der Waals surface area contributed by atoms with Crippen LogP contribution in [0, 0.1) is 11.6 Å². The summed E-state index contributed by atoms with van der Waals surface area (Å²) in [5, 5.41) is 4.52. The molecule has 9 heteroatoms. The van der Waals surface area contributed by atoms with E-state index in [-0.39, 0.29) is 17.0 Å². The van der Waals surface area contributed by atoms with Gasteiger partial charge in [-0.1, -0.05) is 42.1 Å². The van der Waals surface area contributed by atoms with E-state index in [2.05, 4.69) is 10.3 Å². The molecule has 5 nitrogen and oxygen atoms in total. The first-order valence-electron chi connectivity index (χ1n) is 8.91. The second-order valence-electron chi connectivity index (χ2n) is 6.37. The van der Waals surface area contributed by atoms with Gasteiger partial charge in [-0.2, -0.15) is 0 Å². The maximum Gasteiger partial charge on any atom is 0.272 e. The van der Waals surface area contributed by atoms with Crippen LogP contribution in [0.3, 0.4) is 0 Å². The van der Waals surface area contributed by atoms with Gasteiger partial charge in [-0.05, 0) is 29.1 Å². The molecule has 4 aromatic rings. The molecule has 0 aliphatic heterocycles. The third-order valence-corrected chi connectivity index (χ3v) is 6.12. The first-order valence-corrected chi connectivity index (χ1v) is 10.8. The van der Waals surface area contributed by atoms with Gasteiger partial charge in [-0.15, -0.1) is 11.3 Å². The minimum atomic E-state index is -0.728. The van der Waals surface area contributed by atoms with Crippen LogP contribution in [0.5, 0.6) is 0 Å². The molecule has 2 aromatic carbocycles. The number of rotatable bonds is 6. The highest BCUT2D eigenvalue weighted by Gasteiger charge is 2.15. The van der Waals surface area contributed by atoms with Gasteiger partial charge in [0.1, 0.15) is 16.3 Å². The lowest BCUT2D eigenvalue weighted by Crippen LogP contribution is -2.24. The van der Waals surface area contributed by atoms with E-state index in [1.165, 1.54) is 15.9 Å². The third kappa shape index (κ3) is 4.42. The Morgan fingerprint density at radius 1 is 1.13 bits per heavy atom. The highest BCUT2D eigenvalue weighted by atomic mass is 32.2. The molecule has 0 aliphatic rings. The second kappa shape index (κ2) is 8.76. The van der Waals surface area contributed by atoms with Crippen LogP contribution in [0.2, 0.25) is 0 Å². The lowest BCUT2D eigenvalue weighted by Gasteiger charge is -2.12. The van der Waals surface area contributed by atoms with Crippen molar-refractivity contribution in [1.29, 1.82) is 0 Å². The Morgan fingerprint density at radius 3 is 2.73 bits per heavy atom. The lowest BCUT2D eigenvalue weighted by molar-refractivity contribution is -0.113. The second-order valence-corrected chi connectivity index (χ2v) is 8.23. The van der Waals surface area contributed by atoms with Crippen molar-refractivity contribution in [2.45, 2.75) is 11.7 Å². The number of aromatic nitrogens is 2. The Morgan fingerprint density at radius 2 is 1.93 bits per heavy atom. The Bertz CT molecular complexity index is 1270. The van der Waals surface area contributed by atoms with E-state index < -0.39 is 17.5 Å². The van der Waals surface area contributed by atoms with Gasteiger partial charge in [0.25, 0.3) is 5.56 Å². The van der Waals surface area contributed by atoms with Crippen molar-refractivity contribution >= 4 is 44.9 Å². The minimum Gasteiger partial charge on any atom is -0.323 e. The van der Waals surface area contributed by atoms with E-state index >= 15 is 0 Å². The van der Waals surface area contributed by atoms with Gasteiger partial charge in [0.15, 0.2) is 5.16 Å². The maximum absolute atomic E-state index is 13.7. The van der Waals surface area contributed by atoms with Crippen LogP contribution in [0.25, 0.3) is 10.2 Å². The number of nitrogens with zero attached hydrogens (tertiary/aromatic N) is 2. The van der Waals surface area contributed by atoms with Gasteiger partial charge < -0.3 is 5.32 Å². The first kappa shape index (κ1) is 20.2. The number of halogens is 2. The van der Waals surface area contributed by atoms with Crippen molar-refractivity contribution < 1.29 is 13.6 Å². The van der Waals surface area contributed by atoms with E-state index in [1.54, 1.807) is 11.4 Å². The SMILES string of the molecule is O=C(CSc1nc2ccsc2c(=O)n1Cc1ccccc1)Nc1cc(F)ccc1F. The van der Waals surface area contributed by atoms with Gasteiger partial charge in [-0.25, -0.2) is 13.8 Å². The molecule has 0 unspecified atom stereocenters. The van der Waals surface area contributed by atoms with E-state index in [4.69, 9.17) is 0 Å². The van der Waals surface area contributed by atoms with E-state index in [1.807, 2.05) is 30.3 Å². The van der Waals surface area contributed by atoms with Crippen LogP contribution in [0.1, 0.15) is 5.56 Å². The number of carbonyl (C=O) groups is 1. The zero-order valence-corrected chi connectivity index (χ0v) is 17.1. The van der Waals surface area contributed by atoms with Crippen molar-refractivity contribution in [3.63, 3.8) is 0 Å². The minimum absolute atomic E-state index is 0.118. The fourth-order valence-corrected chi connectivity index (χ4v) is 4.43. The summed E-state index contributed by atoms with van der Waals surface area (Å²) in [5.41, 5.74) is 1.07. The molecule has 0 bridgehead atoms. The largest absolute Gasteiger partial charge is 0.323 e. The van der Waals surface area contributed by atoms with Crippen molar-refractivity contribution in [3.8, 4) is 0 Å². The van der Waals surface area contributed by atoms with Gasteiger partial charge >= 0.3 is 0 Å². The molecule has 0 radical (unpaired) electrons. The molecule has 1 amide bonds. The van der Waals surface area contributed by atoms with Gasteiger partial charge in [0, 0.05) is 6.07 Å². The number of fused-ring (bicyclic) bond motifs is 1. The van der Waals surface area contributed by atoms with Gasteiger partial charge in [0.05, 0.1) is 23.5 Å². The molecular weight excluding hydrogens is 428 g/mol. The molecule has 0 saturated carbocycles. The molecule has 2 aromatic heterocycles. The first-order chi connectivity index (χ1) is 14.5. The average Bonchev–Trinajstić information content (AvgIpc) is 3.21. The number of benzene rings is 2. The molecule has 2 heterocycles. The fourth-order valence-electron chi connectivity index (χ4n) is 2.85. The van der Waals surface area contributed by atoms with Crippen LogP contribution in [-0.4, -0.2) is 21.2 Å². The number of carbonyl (C=O) groups excluding carboxylic acids is 1. The summed E-state index contributed by atoms with van der Waals surface area (Å²) in [6, 6.07) is 14.0. The molecule has 0 fully saturated rings. The Labute approximate surface area is 178 Å². The summed E-state index contributed by atoms with van der Waals surface area (Å²) in [4.78, 5) is 29.8. The van der Waals surface area contributed by atoms with Crippen LogP contribution in [-0.2, 0) is 11.3 Å². The molecular formula is C21H15F2N3O2S2.